The maximum Gasteiger partial charge on any atom is 0.261 e. The van der Waals surface area contributed by atoms with Crippen molar-refractivity contribution in [3.8, 4) is 11.5 Å². The summed E-state index contributed by atoms with van der Waals surface area (Å²) in [5.41, 5.74) is 1.51. The average molecular weight is 393 g/mol. The summed E-state index contributed by atoms with van der Waals surface area (Å²) in [6.45, 7) is 4.39. The van der Waals surface area contributed by atoms with Crippen LogP contribution < -0.4 is 15.0 Å². The van der Waals surface area contributed by atoms with Gasteiger partial charge in [-0.2, -0.15) is 0 Å². The molecule has 0 N–H and O–H groups in total. The predicted molar refractivity (Wildman–Crippen MR) is 109 cm³/mol. The first-order valence-corrected chi connectivity index (χ1v) is 9.76. The van der Waals surface area contributed by atoms with E-state index in [4.69, 9.17) is 9.47 Å². The Balaban J connectivity index is 1.43. The van der Waals surface area contributed by atoms with E-state index in [1.807, 2.05) is 37.3 Å². The molecular weight excluding hydrogens is 370 g/mol. The standard InChI is InChI=1S/C22H23N3O4/c1-2-24(14-16-7-8-19-20(13-16)29-12-11-28-19)21(26)9-10-25-15-23-18-6-4-3-5-17(18)22(25)27/h3-8,13,15H,2,9-12,14H2,1H3. The molecule has 0 unspecified atom stereocenters. The molecule has 1 aliphatic heterocycles. The van der Waals surface area contributed by atoms with E-state index in [2.05, 4.69) is 4.98 Å². The van der Waals surface area contributed by atoms with Crippen molar-refractivity contribution in [2.45, 2.75) is 26.4 Å². The molecule has 0 aliphatic carbocycles. The monoisotopic (exact) mass is 393 g/mol. The lowest BCUT2D eigenvalue weighted by Crippen LogP contribution is -2.32. The van der Waals surface area contributed by atoms with Crippen molar-refractivity contribution in [3.63, 3.8) is 0 Å². The molecule has 2 aromatic carbocycles. The van der Waals surface area contributed by atoms with Crippen molar-refractivity contribution in [2.75, 3.05) is 19.8 Å². The first-order chi connectivity index (χ1) is 14.2. The molecule has 7 heteroatoms. The fourth-order valence-corrected chi connectivity index (χ4v) is 3.42. The summed E-state index contributed by atoms with van der Waals surface area (Å²) in [6, 6.07) is 13.0. The van der Waals surface area contributed by atoms with E-state index < -0.39 is 0 Å². The highest BCUT2D eigenvalue weighted by molar-refractivity contribution is 5.77. The molecule has 0 radical (unpaired) electrons. The zero-order valence-corrected chi connectivity index (χ0v) is 16.3. The molecule has 0 saturated heterocycles. The fourth-order valence-electron chi connectivity index (χ4n) is 3.42. The normalized spacial score (nSPS) is 12.7. The Morgan fingerprint density at radius 2 is 1.93 bits per heavy atom. The van der Waals surface area contributed by atoms with Crippen LogP contribution in [-0.4, -0.2) is 40.1 Å². The SMILES string of the molecule is CCN(Cc1ccc2c(c1)OCCO2)C(=O)CCn1cnc2ccccc2c1=O. The number of para-hydroxylation sites is 1. The van der Waals surface area contributed by atoms with Crippen LogP contribution in [0, 0.1) is 0 Å². The second-order valence-electron chi connectivity index (χ2n) is 6.90. The van der Waals surface area contributed by atoms with Gasteiger partial charge in [0.2, 0.25) is 5.91 Å². The largest absolute Gasteiger partial charge is 0.486 e. The molecular formula is C22H23N3O4. The summed E-state index contributed by atoms with van der Waals surface area (Å²) in [5, 5.41) is 0.561. The smallest absolute Gasteiger partial charge is 0.261 e. The number of hydrogen-bond donors (Lipinski definition) is 0. The summed E-state index contributed by atoms with van der Waals surface area (Å²) in [6.07, 6.45) is 1.74. The number of benzene rings is 2. The molecule has 0 saturated carbocycles. The van der Waals surface area contributed by atoms with E-state index in [0.29, 0.717) is 49.5 Å². The van der Waals surface area contributed by atoms with Crippen LogP contribution in [0.1, 0.15) is 18.9 Å². The highest BCUT2D eigenvalue weighted by atomic mass is 16.6. The molecule has 29 heavy (non-hydrogen) atoms. The lowest BCUT2D eigenvalue weighted by atomic mass is 10.1. The van der Waals surface area contributed by atoms with Crippen molar-refractivity contribution < 1.29 is 14.3 Å². The minimum absolute atomic E-state index is 0.0116. The third-order valence-corrected chi connectivity index (χ3v) is 5.01. The molecule has 1 amide bonds. The Morgan fingerprint density at radius 1 is 1.14 bits per heavy atom. The molecule has 0 fully saturated rings. The van der Waals surface area contributed by atoms with Crippen LogP contribution in [0.15, 0.2) is 53.6 Å². The van der Waals surface area contributed by atoms with Gasteiger partial charge in [-0.05, 0) is 36.8 Å². The number of hydrogen-bond acceptors (Lipinski definition) is 5. The predicted octanol–water partition coefficient (Wildman–Crippen LogP) is 2.61. The van der Waals surface area contributed by atoms with Gasteiger partial charge in [-0.25, -0.2) is 4.98 Å². The zero-order chi connectivity index (χ0) is 20.2. The number of ether oxygens (including phenoxy) is 2. The van der Waals surface area contributed by atoms with Crippen molar-refractivity contribution in [2.24, 2.45) is 0 Å². The minimum atomic E-state index is -0.127. The molecule has 0 bridgehead atoms. The van der Waals surface area contributed by atoms with Crippen LogP contribution in [0.4, 0.5) is 0 Å². The van der Waals surface area contributed by atoms with Gasteiger partial charge in [0.25, 0.3) is 5.56 Å². The molecule has 0 atom stereocenters. The summed E-state index contributed by atoms with van der Waals surface area (Å²) in [4.78, 5) is 31.4. The van der Waals surface area contributed by atoms with Gasteiger partial charge >= 0.3 is 0 Å². The highest BCUT2D eigenvalue weighted by Crippen LogP contribution is 2.31. The van der Waals surface area contributed by atoms with E-state index in [1.54, 1.807) is 17.0 Å². The molecule has 150 valence electrons. The van der Waals surface area contributed by atoms with Crippen LogP contribution in [0.3, 0.4) is 0 Å². The van der Waals surface area contributed by atoms with Gasteiger partial charge in [0, 0.05) is 26.1 Å². The summed E-state index contributed by atoms with van der Waals surface area (Å²) >= 11 is 0. The lowest BCUT2D eigenvalue weighted by molar-refractivity contribution is -0.131. The summed E-state index contributed by atoms with van der Waals surface area (Å²) in [5.74, 6) is 1.44. The van der Waals surface area contributed by atoms with Crippen LogP contribution >= 0.6 is 0 Å². The first-order valence-electron chi connectivity index (χ1n) is 9.76. The van der Waals surface area contributed by atoms with Gasteiger partial charge in [-0.1, -0.05) is 18.2 Å². The van der Waals surface area contributed by atoms with Crippen LogP contribution in [-0.2, 0) is 17.9 Å². The van der Waals surface area contributed by atoms with Crippen molar-refractivity contribution >= 4 is 16.8 Å². The van der Waals surface area contributed by atoms with E-state index >= 15 is 0 Å². The maximum atomic E-state index is 12.7. The number of aryl methyl sites for hydroxylation is 1. The maximum absolute atomic E-state index is 12.7. The third kappa shape index (κ3) is 4.08. The second kappa shape index (κ2) is 8.34. The first kappa shape index (κ1) is 19.0. The fraction of sp³-hybridized carbons (Fsp3) is 0.318. The van der Waals surface area contributed by atoms with Gasteiger partial charge in [-0.3, -0.25) is 14.2 Å². The van der Waals surface area contributed by atoms with E-state index in [1.165, 1.54) is 10.9 Å². The Hall–Kier alpha value is -3.35. The topological polar surface area (TPSA) is 73.7 Å². The van der Waals surface area contributed by atoms with Gasteiger partial charge in [0.1, 0.15) is 13.2 Å². The minimum Gasteiger partial charge on any atom is -0.486 e. The van der Waals surface area contributed by atoms with Crippen LogP contribution in [0.25, 0.3) is 10.9 Å². The molecule has 2 heterocycles. The van der Waals surface area contributed by atoms with Crippen molar-refractivity contribution in [3.05, 3.63) is 64.7 Å². The second-order valence-corrected chi connectivity index (χ2v) is 6.90. The van der Waals surface area contributed by atoms with E-state index in [-0.39, 0.29) is 17.9 Å². The number of aromatic nitrogens is 2. The van der Waals surface area contributed by atoms with Gasteiger partial charge in [0.05, 0.1) is 17.2 Å². The Morgan fingerprint density at radius 3 is 2.76 bits per heavy atom. The Labute approximate surface area is 168 Å². The Bertz CT molecular complexity index is 1090. The van der Waals surface area contributed by atoms with E-state index in [9.17, 15) is 9.59 Å². The highest BCUT2D eigenvalue weighted by Gasteiger charge is 2.16. The quantitative estimate of drug-likeness (QED) is 0.644. The van der Waals surface area contributed by atoms with Crippen LogP contribution in [0.2, 0.25) is 0 Å². The lowest BCUT2D eigenvalue weighted by Gasteiger charge is -2.23. The number of fused-ring (bicyclic) bond motifs is 2. The Kier molecular flexibility index (Phi) is 5.46. The molecule has 4 rings (SSSR count). The molecule has 1 aromatic heterocycles. The third-order valence-electron chi connectivity index (χ3n) is 5.01. The number of rotatable bonds is 6. The van der Waals surface area contributed by atoms with Gasteiger partial charge in [0.15, 0.2) is 11.5 Å². The van der Waals surface area contributed by atoms with Gasteiger partial charge < -0.3 is 14.4 Å². The molecule has 1 aliphatic rings. The van der Waals surface area contributed by atoms with E-state index in [0.717, 1.165) is 11.3 Å². The summed E-state index contributed by atoms with van der Waals surface area (Å²) < 4.78 is 12.7. The van der Waals surface area contributed by atoms with Crippen LogP contribution in [0.5, 0.6) is 11.5 Å². The average Bonchev–Trinajstić information content (AvgIpc) is 2.77. The molecule has 0 spiro atoms. The number of nitrogens with zero attached hydrogens (tertiary/aromatic N) is 3. The summed E-state index contributed by atoms with van der Waals surface area (Å²) in [7, 11) is 0. The van der Waals surface area contributed by atoms with Crippen molar-refractivity contribution in [1.29, 1.82) is 0 Å². The molecule has 7 nitrogen and oxygen atoms in total. The number of amides is 1. The van der Waals surface area contributed by atoms with Crippen molar-refractivity contribution in [1.82, 2.24) is 14.5 Å². The molecule has 3 aromatic rings. The number of carbonyl (C=O) groups is 1. The zero-order valence-electron chi connectivity index (χ0n) is 16.3. The van der Waals surface area contributed by atoms with Gasteiger partial charge in [-0.15, -0.1) is 0 Å². The number of carbonyl (C=O) groups excluding carboxylic acids is 1.